The van der Waals surface area contributed by atoms with Gasteiger partial charge >= 0.3 is 0 Å². The molecular formula is C17H17ClN2O7S. The highest BCUT2D eigenvalue weighted by molar-refractivity contribution is 7.93. The van der Waals surface area contributed by atoms with E-state index in [-0.39, 0.29) is 16.3 Å². The molecule has 2 aromatic carbocycles. The summed E-state index contributed by atoms with van der Waals surface area (Å²) < 4.78 is 37.7. The number of ether oxygens (including phenoxy) is 2. The number of hydrogen-bond acceptors (Lipinski definition) is 7. The molecule has 0 saturated heterocycles. The Morgan fingerprint density at radius 2 is 1.86 bits per heavy atom. The highest BCUT2D eigenvalue weighted by Gasteiger charge is 2.35. The van der Waals surface area contributed by atoms with Crippen molar-refractivity contribution in [1.82, 2.24) is 0 Å². The molecule has 0 aliphatic heterocycles. The molecule has 0 N–H and O–H groups in total. The standard InChI is InChI=1S/C17H17ClN2O7S/c1-11(17(18)21)19(15-10-13(26-2)7-8-16(15)27-3)28(24,25)14-6-4-5-12(9-14)20(22)23/h4-11H,1-3H3. The molecule has 0 aliphatic rings. The van der Waals surface area contributed by atoms with Crippen molar-refractivity contribution in [3.63, 3.8) is 0 Å². The minimum Gasteiger partial charge on any atom is -0.497 e. The number of sulfonamides is 1. The number of hydrogen-bond donors (Lipinski definition) is 0. The fourth-order valence-corrected chi connectivity index (χ4v) is 4.30. The van der Waals surface area contributed by atoms with Gasteiger partial charge in [0.05, 0.1) is 29.7 Å². The number of nitro benzene ring substituents is 1. The van der Waals surface area contributed by atoms with Crippen LogP contribution in [0.2, 0.25) is 0 Å². The molecule has 1 unspecified atom stereocenters. The minimum absolute atomic E-state index is 0.00476. The van der Waals surface area contributed by atoms with Crippen LogP contribution < -0.4 is 13.8 Å². The average Bonchev–Trinajstić information content (AvgIpc) is 2.67. The third-order valence-electron chi connectivity index (χ3n) is 3.89. The number of carbonyl (C=O) groups excluding carboxylic acids is 1. The Hall–Kier alpha value is -2.85. The van der Waals surface area contributed by atoms with Crippen LogP contribution in [-0.2, 0) is 14.8 Å². The Kier molecular flexibility index (Phi) is 6.47. The van der Waals surface area contributed by atoms with Gasteiger partial charge in [-0.05, 0) is 36.7 Å². The van der Waals surface area contributed by atoms with E-state index in [1.54, 1.807) is 6.07 Å². The quantitative estimate of drug-likeness (QED) is 0.360. The molecule has 0 spiro atoms. The molecule has 9 nitrogen and oxygen atoms in total. The van der Waals surface area contributed by atoms with Gasteiger partial charge in [-0.3, -0.25) is 19.2 Å². The molecule has 0 saturated carbocycles. The summed E-state index contributed by atoms with van der Waals surface area (Å²) in [4.78, 5) is 21.8. The topological polar surface area (TPSA) is 116 Å². The Bertz CT molecular complexity index is 1010. The van der Waals surface area contributed by atoms with Gasteiger partial charge in [0.25, 0.3) is 15.7 Å². The smallest absolute Gasteiger partial charge is 0.270 e. The van der Waals surface area contributed by atoms with Crippen molar-refractivity contribution in [3.05, 3.63) is 52.6 Å². The van der Waals surface area contributed by atoms with Gasteiger partial charge in [-0.2, -0.15) is 0 Å². The number of halogens is 1. The van der Waals surface area contributed by atoms with Gasteiger partial charge in [-0.25, -0.2) is 8.42 Å². The van der Waals surface area contributed by atoms with Crippen molar-refractivity contribution in [2.45, 2.75) is 17.9 Å². The predicted octanol–water partition coefficient (Wildman–Crippen LogP) is 2.96. The third kappa shape index (κ3) is 4.18. The second-order valence-corrected chi connectivity index (χ2v) is 7.76. The maximum absolute atomic E-state index is 13.3. The van der Waals surface area contributed by atoms with Gasteiger partial charge in [0.1, 0.15) is 17.5 Å². The Labute approximate surface area is 166 Å². The van der Waals surface area contributed by atoms with Crippen molar-refractivity contribution < 1.29 is 27.6 Å². The second kappa shape index (κ2) is 8.44. The van der Waals surface area contributed by atoms with Crippen LogP contribution in [0, 0.1) is 10.1 Å². The Balaban J connectivity index is 2.76. The van der Waals surface area contributed by atoms with E-state index in [0.29, 0.717) is 5.75 Å². The van der Waals surface area contributed by atoms with Crippen LogP contribution in [0.1, 0.15) is 6.92 Å². The predicted molar refractivity (Wildman–Crippen MR) is 103 cm³/mol. The van der Waals surface area contributed by atoms with E-state index in [2.05, 4.69) is 0 Å². The van der Waals surface area contributed by atoms with E-state index in [0.717, 1.165) is 16.4 Å². The van der Waals surface area contributed by atoms with Gasteiger partial charge in [0.2, 0.25) is 5.24 Å². The Morgan fingerprint density at radius 1 is 1.18 bits per heavy atom. The molecule has 0 fully saturated rings. The summed E-state index contributed by atoms with van der Waals surface area (Å²) in [5.41, 5.74) is -0.418. The lowest BCUT2D eigenvalue weighted by Crippen LogP contribution is -2.42. The molecule has 28 heavy (non-hydrogen) atoms. The number of anilines is 1. The zero-order valence-electron chi connectivity index (χ0n) is 15.2. The number of methoxy groups -OCH3 is 2. The van der Waals surface area contributed by atoms with Gasteiger partial charge in [-0.15, -0.1) is 0 Å². The van der Waals surface area contributed by atoms with E-state index in [1.807, 2.05) is 0 Å². The summed E-state index contributed by atoms with van der Waals surface area (Å²) in [6.07, 6.45) is 0. The van der Waals surface area contributed by atoms with E-state index in [9.17, 15) is 23.3 Å². The van der Waals surface area contributed by atoms with Crippen LogP contribution in [0.5, 0.6) is 11.5 Å². The van der Waals surface area contributed by atoms with E-state index < -0.39 is 31.9 Å². The lowest BCUT2D eigenvalue weighted by atomic mass is 10.2. The summed E-state index contributed by atoms with van der Waals surface area (Å²) in [7, 11) is -1.70. The molecule has 11 heteroatoms. The maximum atomic E-state index is 13.3. The summed E-state index contributed by atoms with van der Waals surface area (Å²) in [5, 5.41) is 10.1. The van der Waals surface area contributed by atoms with E-state index >= 15 is 0 Å². The number of rotatable bonds is 8. The molecule has 0 aromatic heterocycles. The Morgan fingerprint density at radius 3 is 2.39 bits per heavy atom. The average molecular weight is 429 g/mol. The summed E-state index contributed by atoms with van der Waals surface area (Å²) in [6.45, 7) is 1.29. The molecule has 2 rings (SSSR count). The lowest BCUT2D eigenvalue weighted by Gasteiger charge is -2.29. The van der Waals surface area contributed by atoms with Gasteiger partial charge in [0, 0.05) is 18.2 Å². The molecule has 150 valence electrons. The first kappa shape index (κ1) is 21.5. The van der Waals surface area contributed by atoms with Gasteiger partial charge in [-0.1, -0.05) is 6.07 Å². The zero-order chi connectivity index (χ0) is 21.1. The van der Waals surface area contributed by atoms with Crippen molar-refractivity contribution in [2.75, 3.05) is 18.5 Å². The van der Waals surface area contributed by atoms with Gasteiger partial charge < -0.3 is 9.47 Å². The van der Waals surface area contributed by atoms with Crippen molar-refractivity contribution in [1.29, 1.82) is 0 Å². The number of non-ortho nitro benzene ring substituents is 1. The normalized spacial score (nSPS) is 12.1. The molecule has 1 atom stereocenters. The van der Waals surface area contributed by atoms with Crippen LogP contribution in [-0.4, -0.2) is 38.8 Å². The maximum Gasteiger partial charge on any atom is 0.270 e. The first-order valence-electron chi connectivity index (χ1n) is 7.83. The van der Waals surface area contributed by atoms with Crippen LogP contribution in [0.15, 0.2) is 47.4 Å². The number of benzene rings is 2. The molecule has 0 radical (unpaired) electrons. The molecule has 0 amide bonds. The number of nitro groups is 1. The minimum atomic E-state index is -4.42. The molecule has 0 bridgehead atoms. The number of nitrogens with zero attached hydrogens (tertiary/aromatic N) is 2. The second-order valence-electron chi connectivity index (χ2n) is 5.57. The SMILES string of the molecule is COc1ccc(OC)c(N(C(C)C(=O)Cl)S(=O)(=O)c2cccc([N+](=O)[O-])c2)c1. The number of carbonyl (C=O) groups is 1. The van der Waals surface area contributed by atoms with E-state index in [4.69, 9.17) is 21.1 Å². The lowest BCUT2D eigenvalue weighted by molar-refractivity contribution is -0.385. The van der Waals surface area contributed by atoms with Crippen LogP contribution in [0.3, 0.4) is 0 Å². The van der Waals surface area contributed by atoms with Crippen LogP contribution in [0.4, 0.5) is 11.4 Å². The van der Waals surface area contributed by atoms with Crippen LogP contribution in [0.25, 0.3) is 0 Å². The van der Waals surface area contributed by atoms with E-state index in [1.165, 1.54) is 45.4 Å². The highest BCUT2D eigenvalue weighted by atomic mass is 35.5. The summed E-state index contributed by atoms with van der Waals surface area (Å²) in [6, 6.07) is 7.54. The largest absolute Gasteiger partial charge is 0.497 e. The van der Waals surface area contributed by atoms with Crippen molar-refractivity contribution >= 4 is 38.2 Å². The monoisotopic (exact) mass is 428 g/mol. The molecular weight excluding hydrogens is 412 g/mol. The highest BCUT2D eigenvalue weighted by Crippen LogP contribution is 2.37. The zero-order valence-corrected chi connectivity index (χ0v) is 16.7. The van der Waals surface area contributed by atoms with Crippen LogP contribution >= 0.6 is 11.6 Å². The fraction of sp³-hybridized carbons (Fsp3) is 0.235. The summed E-state index contributed by atoms with van der Waals surface area (Å²) in [5.74, 6) is 0.448. The molecule has 0 aliphatic carbocycles. The molecule has 2 aromatic rings. The fourth-order valence-electron chi connectivity index (χ4n) is 2.48. The molecule has 0 heterocycles. The van der Waals surface area contributed by atoms with Crippen molar-refractivity contribution in [3.8, 4) is 11.5 Å². The third-order valence-corrected chi connectivity index (χ3v) is 6.09. The first-order valence-corrected chi connectivity index (χ1v) is 9.65. The van der Waals surface area contributed by atoms with Crippen molar-refractivity contribution in [2.24, 2.45) is 0 Å². The first-order chi connectivity index (χ1) is 13.1. The van der Waals surface area contributed by atoms with Gasteiger partial charge in [0.15, 0.2) is 0 Å². The summed E-state index contributed by atoms with van der Waals surface area (Å²) >= 11 is 5.59.